The van der Waals surface area contributed by atoms with Crippen molar-refractivity contribution >= 4 is 42.3 Å². The second-order valence-electron chi connectivity index (χ2n) is 7.23. The van der Waals surface area contributed by atoms with Crippen LogP contribution < -0.4 is 33.2 Å². The molecule has 0 aromatic carbocycles. The van der Waals surface area contributed by atoms with E-state index in [4.69, 9.17) is 17.2 Å². The van der Waals surface area contributed by atoms with E-state index in [1.54, 1.807) is 0 Å². The first-order valence-electron chi connectivity index (χ1n) is 10.00. The zero-order chi connectivity index (χ0) is 24.1. The Hall–Kier alpha value is -2.54. The van der Waals surface area contributed by atoms with Crippen LogP contribution in [0.25, 0.3) is 0 Å². The first kappa shape index (κ1) is 28.5. The van der Waals surface area contributed by atoms with E-state index >= 15 is 0 Å². The zero-order valence-corrected chi connectivity index (χ0v) is 19.0. The fourth-order valence-electron chi connectivity index (χ4n) is 2.41. The summed E-state index contributed by atoms with van der Waals surface area (Å²) in [4.78, 5) is 52.1. The lowest BCUT2D eigenvalue weighted by atomic mass is 9.99. The van der Waals surface area contributed by atoms with Crippen LogP contribution in [0.1, 0.15) is 40.0 Å². The standard InChI is InChI=1S/C18H35N7O5S/c1-4-9(2)13(19)16(28)23-10(3)14(26)25-12(8-31)15(27)24-11(17(29)30)6-5-7-22-18(20)21/h9-13,31H,4-8,19H2,1-3H3,(H,23,28)(H,24,27)(H,25,26)(H,29,30)(H4,20,21,22). The summed E-state index contributed by atoms with van der Waals surface area (Å²) >= 11 is 4.05. The van der Waals surface area contributed by atoms with Crippen molar-refractivity contribution in [1.82, 2.24) is 16.0 Å². The molecule has 3 amide bonds. The van der Waals surface area contributed by atoms with Gasteiger partial charge in [0.05, 0.1) is 6.04 Å². The summed E-state index contributed by atoms with van der Waals surface area (Å²) in [6.07, 6.45) is 1.12. The van der Waals surface area contributed by atoms with E-state index in [0.717, 1.165) is 0 Å². The minimum absolute atomic E-state index is 0.0637. The maximum absolute atomic E-state index is 12.4. The summed E-state index contributed by atoms with van der Waals surface area (Å²) in [5.74, 6) is -3.31. The minimum Gasteiger partial charge on any atom is -0.480 e. The molecule has 0 aromatic rings. The van der Waals surface area contributed by atoms with Crippen LogP contribution in [0.2, 0.25) is 0 Å². The molecule has 31 heavy (non-hydrogen) atoms. The zero-order valence-electron chi connectivity index (χ0n) is 18.1. The van der Waals surface area contributed by atoms with Gasteiger partial charge < -0.3 is 38.3 Å². The van der Waals surface area contributed by atoms with Gasteiger partial charge in [-0.3, -0.25) is 19.4 Å². The van der Waals surface area contributed by atoms with Crippen molar-refractivity contribution in [3.05, 3.63) is 0 Å². The van der Waals surface area contributed by atoms with Gasteiger partial charge in [-0.1, -0.05) is 20.3 Å². The molecule has 0 aliphatic carbocycles. The van der Waals surface area contributed by atoms with E-state index < -0.39 is 47.9 Å². The molecule has 10 N–H and O–H groups in total. The number of carboxylic acid groups (broad SMARTS) is 1. The number of carbonyl (C=O) groups excluding carboxylic acids is 3. The van der Waals surface area contributed by atoms with Gasteiger partial charge in [0, 0.05) is 12.3 Å². The number of aliphatic carboxylic acids is 1. The Kier molecular flexibility index (Phi) is 13.3. The summed E-state index contributed by atoms with van der Waals surface area (Å²) in [5.41, 5.74) is 16.3. The number of rotatable bonds is 14. The van der Waals surface area contributed by atoms with Gasteiger partial charge in [-0.2, -0.15) is 12.6 Å². The predicted molar refractivity (Wildman–Crippen MR) is 120 cm³/mol. The SMILES string of the molecule is CCC(C)C(N)C(=O)NC(C)C(=O)NC(CS)C(=O)NC(CCCN=C(N)N)C(=O)O. The largest absolute Gasteiger partial charge is 0.480 e. The molecule has 0 rings (SSSR count). The number of aliphatic imine (C=N–C) groups is 1. The van der Waals surface area contributed by atoms with Crippen LogP contribution in [0.15, 0.2) is 4.99 Å². The summed E-state index contributed by atoms with van der Waals surface area (Å²) in [6, 6.07) is -4.00. The molecule has 0 aliphatic heterocycles. The number of nitrogens with zero attached hydrogens (tertiary/aromatic N) is 1. The van der Waals surface area contributed by atoms with Crippen molar-refractivity contribution in [1.29, 1.82) is 0 Å². The lowest BCUT2D eigenvalue weighted by molar-refractivity contribution is -0.142. The molecule has 0 saturated carbocycles. The number of hydrogen-bond donors (Lipinski definition) is 8. The molecule has 0 heterocycles. The molecule has 0 radical (unpaired) electrons. The van der Waals surface area contributed by atoms with Gasteiger partial charge in [0.1, 0.15) is 18.1 Å². The molecule has 0 aliphatic rings. The van der Waals surface area contributed by atoms with Crippen LogP contribution >= 0.6 is 12.6 Å². The molecule has 13 heteroatoms. The van der Waals surface area contributed by atoms with Crippen molar-refractivity contribution in [3.63, 3.8) is 0 Å². The molecule has 12 nitrogen and oxygen atoms in total. The van der Waals surface area contributed by atoms with Crippen LogP contribution in [-0.2, 0) is 19.2 Å². The van der Waals surface area contributed by atoms with Crippen LogP contribution in [0, 0.1) is 5.92 Å². The van der Waals surface area contributed by atoms with Crippen LogP contribution in [0.4, 0.5) is 0 Å². The van der Waals surface area contributed by atoms with Gasteiger partial charge in [-0.25, -0.2) is 4.79 Å². The summed E-state index contributed by atoms with van der Waals surface area (Å²) in [5, 5.41) is 16.6. The molecule has 0 bridgehead atoms. The van der Waals surface area contributed by atoms with E-state index in [1.165, 1.54) is 6.92 Å². The third-order valence-electron chi connectivity index (χ3n) is 4.69. The molecular weight excluding hydrogens is 426 g/mol. The summed E-state index contributed by atoms with van der Waals surface area (Å²) < 4.78 is 0. The van der Waals surface area contributed by atoms with Gasteiger partial charge in [0.25, 0.3) is 0 Å². The van der Waals surface area contributed by atoms with Crippen molar-refractivity contribution in [3.8, 4) is 0 Å². The monoisotopic (exact) mass is 461 g/mol. The average Bonchev–Trinajstić information content (AvgIpc) is 2.71. The normalized spacial score (nSPS) is 15.5. The van der Waals surface area contributed by atoms with Crippen molar-refractivity contribution in [2.45, 2.75) is 64.2 Å². The Morgan fingerprint density at radius 1 is 1.00 bits per heavy atom. The highest BCUT2D eigenvalue weighted by Crippen LogP contribution is 2.05. The number of nitrogens with one attached hydrogen (secondary N) is 3. The van der Waals surface area contributed by atoms with Crippen molar-refractivity contribution in [2.75, 3.05) is 12.3 Å². The fraction of sp³-hybridized carbons (Fsp3) is 0.722. The second-order valence-corrected chi connectivity index (χ2v) is 7.60. The molecule has 178 valence electrons. The molecule has 0 spiro atoms. The first-order chi connectivity index (χ1) is 14.4. The lowest BCUT2D eigenvalue weighted by Crippen LogP contribution is -2.57. The Labute approximate surface area is 187 Å². The third kappa shape index (κ3) is 10.9. The Bertz CT molecular complexity index is 657. The minimum atomic E-state index is -1.23. The average molecular weight is 462 g/mol. The number of carboxylic acids is 1. The van der Waals surface area contributed by atoms with Gasteiger partial charge in [0.2, 0.25) is 17.7 Å². The Morgan fingerprint density at radius 2 is 1.58 bits per heavy atom. The maximum atomic E-state index is 12.4. The Morgan fingerprint density at radius 3 is 2.06 bits per heavy atom. The summed E-state index contributed by atoms with van der Waals surface area (Å²) in [6.45, 7) is 5.39. The van der Waals surface area contributed by atoms with E-state index in [-0.39, 0.29) is 30.6 Å². The van der Waals surface area contributed by atoms with E-state index in [0.29, 0.717) is 12.8 Å². The highest BCUT2D eigenvalue weighted by atomic mass is 32.1. The Balaban J connectivity index is 4.84. The molecule has 5 atom stereocenters. The van der Waals surface area contributed by atoms with E-state index in [1.807, 2.05) is 13.8 Å². The smallest absolute Gasteiger partial charge is 0.326 e. The quantitative estimate of drug-likeness (QED) is 0.0619. The molecule has 0 saturated heterocycles. The molecule has 0 aromatic heterocycles. The lowest BCUT2D eigenvalue weighted by Gasteiger charge is -2.23. The van der Waals surface area contributed by atoms with Gasteiger partial charge in [0.15, 0.2) is 5.96 Å². The van der Waals surface area contributed by atoms with Gasteiger partial charge >= 0.3 is 5.97 Å². The number of guanidine groups is 1. The fourth-order valence-corrected chi connectivity index (χ4v) is 2.67. The second kappa shape index (κ2) is 14.5. The van der Waals surface area contributed by atoms with Gasteiger partial charge in [-0.05, 0) is 25.7 Å². The number of nitrogens with two attached hydrogens (primary N) is 3. The molecule has 0 fully saturated rings. The highest BCUT2D eigenvalue weighted by molar-refractivity contribution is 7.80. The van der Waals surface area contributed by atoms with Crippen LogP contribution in [-0.4, -0.2) is 71.2 Å². The molecular formula is C18H35N7O5S. The topological polar surface area (TPSA) is 215 Å². The maximum Gasteiger partial charge on any atom is 0.326 e. The highest BCUT2D eigenvalue weighted by Gasteiger charge is 2.28. The molecule has 5 unspecified atom stereocenters. The number of hydrogen-bond acceptors (Lipinski definition) is 7. The van der Waals surface area contributed by atoms with Crippen LogP contribution in [0.5, 0.6) is 0 Å². The third-order valence-corrected chi connectivity index (χ3v) is 5.05. The van der Waals surface area contributed by atoms with E-state index in [2.05, 4.69) is 33.6 Å². The van der Waals surface area contributed by atoms with Gasteiger partial charge in [-0.15, -0.1) is 0 Å². The first-order valence-corrected chi connectivity index (χ1v) is 10.6. The predicted octanol–water partition coefficient (Wildman–Crippen LogP) is -2.10. The summed E-state index contributed by atoms with van der Waals surface area (Å²) in [7, 11) is 0. The van der Waals surface area contributed by atoms with Crippen LogP contribution in [0.3, 0.4) is 0 Å². The number of amides is 3. The van der Waals surface area contributed by atoms with Crippen molar-refractivity contribution < 1.29 is 24.3 Å². The van der Waals surface area contributed by atoms with E-state index in [9.17, 15) is 24.3 Å². The number of thiol groups is 1. The number of carbonyl (C=O) groups is 4. The van der Waals surface area contributed by atoms with Crippen molar-refractivity contribution in [2.24, 2.45) is 28.1 Å².